The van der Waals surface area contributed by atoms with Crippen LogP contribution in [-0.2, 0) is 13.2 Å². The molecule has 0 aliphatic carbocycles. The molecule has 2 aromatic heterocycles. The van der Waals surface area contributed by atoms with E-state index >= 15 is 0 Å². The van der Waals surface area contributed by atoms with Gasteiger partial charge in [-0.3, -0.25) is 4.40 Å². The smallest absolute Gasteiger partial charge is 0.207 e. The highest BCUT2D eigenvalue weighted by Gasteiger charge is 2.12. The maximum absolute atomic E-state index is 6.18. The van der Waals surface area contributed by atoms with E-state index in [1.54, 1.807) is 21.3 Å². The van der Waals surface area contributed by atoms with Crippen LogP contribution in [0.4, 0.5) is 0 Å². The maximum Gasteiger partial charge on any atom is 0.207 e. The summed E-state index contributed by atoms with van der Waals surface area (Å²) in [6.45, 7) is 1.55. The van der Waals surface area contributed by atoms with Crippen LogP contribution in [0.15, 0.2) is 42.6 Å². The van der Waals surface area contributed by atoms with E-state index < -0.39 is 0 Å². The number of fused-ring (bicyclic) bond motifs is 1. The van der Waals surface area contributed by atoms with Gasteiger partial charge in [0.25, 0.3) is 0 Å². The second-order valence-electron chi connectivity index (χ2n) is 5.26. The third-order valence-corrected chi connectivity index (χ3v) is 4.26. The first-order chi connectivity index (χ1) is 10.5. The van der Waals surface area contributed by atoms with Crippen LogP contribution < -0.4 is 4.90 Å². The van der Waals surface area contributed by atoms with E-state index in [0.717, 1.165) is 6.54 Å². The molecule has 1 unspecified atom stereocenters. The highest BCUT2D eigenvalue weighted by molar-refractivity contribution is 7.71. The first-order valence-electron chi connectivity index (χ1n) is 6.84. The topological polar surface area (TPSA) is 26.7 Å². The number of rotatable bonds is 4. The first kappa shape index (κ1) is 15.5. The number of halogens is 2. The molecule has 0 fully saturated rings. The van der Waals surface area contributed by atoms with Gasteiger partial charge in [-0.1, -0.05) is 53.5 Å². The summed E-state index contributed by atoms with van der Waals surface area (Å²) in [4.78, 5) is 1.27. The zero-order valence-electron chi connectivity index (χ0n) is 12.0. The first-order valence-corrected chi connectivity index (χ1v) is 8.00. The van der Waals surface area contributed by atoms with Gasteiger partial charge in [-0.25, -0.2) is 0 Å². The van der Waals surface area contributed by atoms with Gasteiger partial charge in [0.1, 0.15) is 6.54 Å². The van der Waals surface area contributed by atoms with Crippen molar-refractivity contribution in [2.24, 2.45) is 0 Å². The Labute approximate surface area is 143 Å². The van der Waals surface area contributed by atoms with Crippen molar-refractivity contribution in [2.45, 2.75) is 13.2 Å². The molecule has 1 atom stereocenters. The molecule has 0 saturated carbocycles. The largest absolute Gasteiger partial charge is 0.315 e. The molecule has 0 amide bonds. The number of nitrogens with one attached hydrogen (secondary N) is 1. The SMILES string of the molecule is C[NH+](Cc1ccccc1)Cn1nc2c(Cl)cc(Cl)cn2c1=S. The van der Waals surface area contributed by atoms with E-state index in [-0.39, 0.29) is 0 Å². The van der Waals surface area contributed by atoms with Crippen LogP contribution in [0, 0.1) is 4.77 Å². The van der Waals surface area contributed by atoms with Crippen LogP contribution in [0.25, 0.3) is 5.65 Å². The van der Waals surface area contributed by atoms with Crippen molar-refractivity contribution in [2.75, 3.05) is 7.05 Å². The number of benzene rings is 1. The Morgan fingerprint density at radius 2 is 1.95 bits per heavy atom. The summed E-state index contributed by atoms with van der Waals surface area (Å²) in [7, 11) is 2.10. The summed E-state index contributed by atoms with van der Waals surface area (Å²) in [5, 5.41) is 5.54. The average Bonchev–Trinajstić information content (AvgIpc) is 2.78. The van der Waals surface area contributed by atoms with Crippen molar-refractivity contribution in [3.05, 3.63) is 63.0 Å². The summed E-state index contributed by atoms with van der Waals surface area (Å²) in [5.74, 6) is 0. The molecule has 2 heterocycles. The number of pyridine rings is 1. The molecule has 4 nitrogen and oxygen atoms in total. The summed E-state index contributed by atoms with van der Waals surface area (Å²) < 4.78 is 4.12. The lowest BCUT2D eigenvalue weighted by Crippen LogP contribution is -3.07. The second-order valence-corrected chi connectivity index (χ2v) is 6.47. The van der Waals surface area contributed by atoms with Gasteiger partial charge in [0.05, 0.1) is 17.1 Å². The Kier molecular flexibility index (Phi) is 4.49. The van der Waals surface area contributed by atoms with Crippen LogP contribution in [0.3, 0.4) is 0 Å². The van der Waals surface area contributed by atoms with Crippen LogP contribution in [0.5, 0.6) is 0 Å². The lowest BCUT2D eigenvalue weighted by Gasteiger charge is -2.13. The van der Waals surface area contributed by atoms with E-state index in [1.165, 1.54) is 10.5 Å². The molecule has 0 saturated heterocycles. The van der Waals surface area contributed by atoms with Crippen molar-refractivity contribution >= 4 is 41.1 Å². The predicted molar refractivity (Wildman–Crippen MR) is 91.1 cm³/mol. The number of aromatic nitrogens is 3. The normalized spacial score (nSPS) is 12.7. The fraction of sp³-hybridized carbons (Fsp3) is 0.200. The summed E-state index contributed by atoms with van der Waals surface area (Å²) in [6.07, 6.45) is 1.74. The molecular weight excluding hydrogens is 339 g/mol. The molecule has 0 aliphatic rings. The molecule has 0 aliphatic heterocycles. The Bertz CT molecular complexity index is 857. The number of nitrogens with zero attached hydrogens (tertiary/aromatic N) is 3. The molecule has 1 aromatic carbocycles. The summed E-state index contributed by atoms with van der Waals surface area (Å²) in [6, 6.07) is 12.0. The molecule has 7 heteroatoms. The monoisotopic (exact) mass is 353 g/mol. The lowest BCUT2D eigenvalue weighted by molar-refractivity contribution is -0.917. The molecule has 3 rings (SSSR count). The van der Waals surface area contributed by atoms with Gasteiger partial charge in [-0.05, 0) is 18.3 Å². The molecule has 0 spiro atoms. The summed E-state index contributed by atoms with van der Waals surface area (Å²) in [5.41, 5.74) is 1.90. The quantitative estimate of drug-likeness (QED) is 0.730. The minimum atomic E-state index is 0.498. The second kappa shape index (κ2) is 6.38. The van der Waals surface area contributed by atoms with Crippen molar-refractivity contribution in [1.82, 2.24) is 14.2 Å². The average molecular weight is 354 g/mol. The van der Waals surface area contributed by atoms with Crippen LogP contribution >= 0.6 is 35.4 Å². The van der Waals surface area contributed by atoms with Crippen LogP contribution in [0.1, 0.15) is 5.56 Å². The van der Waals surface area contributed by atoms with Gasteiger partial charge in [0, 0.05) is 11.8 Å². The lowest BCUT2D eigenvalue weighted by atomic mass is 10.2. The van der Waals surface area contributed by atoms with Gasteiger partial charge in [0.2, 0.25) is 4.77 Å². The van der Waals surface area contributed by atoms with Crippen LogP contribution in [-0.4, -0.2) is 21.2 Å². The fourth-order valence-electron chi connectivity index (χ4n) is 2.40. The Morgan fingerprint density at radius 1 is 1.23 bits per heavy atom. The molecule has 0 radical (unpaired) electrons. The number of hydrogen-bond acceptors (Lipinski definition) is 2. The molecule has 1 N–H and O–H groups in total. The standard InChI is InChI=1S/C15H14Cl2N4S/c1-19(8-11-5-3-2-4-6-11)10-21-15(22)20-9-12(16)7-13(17)14(20)18-21/h2-7,9H,8,10H2,1H3/p+1. The zero-order chi connectivity index (χ0) is 15.7. The van der Waals surface area contributed by atoms with Gasteiger partial charge in [-0.2, -0.15) is 4.68 Å². The van der Waals surface area contributed by atoms with Crippen molar-refractivity contribution < 1.29 is 4.90 Å². The summed E-state index contributed by atoms with van der Waals surface area (Å²) >= 11 is 17.7. The third-order valence-electron chi connectivity index (χ3n) is 3.37. The minimum absolute atomic E-state index is 0.498. The van der Waals surface area contributed by atoms with E-state index in [9.17, 15) is 0 Å². The van der Waals surface area contributed by atoms with Gasteiger partial charge in [0.15, 0.2) is 12.3 Å². The molecule has 0 bridgehead atoms. The highest BCUT2D eigenvalue weighted by atomic mass is 35.5. The van der Waals surface area contributed by atoms with E-state index in [0.29, 0.717) is 27.1 Å². The van der Waals surface area contributed by atoms with Crippen LogP contribution in [0.2, 0.25) is 10.0 Å². The molecule has 3 aromatic rings. The fourth-order valence-corrected chi connectivity index (χ4v) is 3.16. The van der Waals surface area contributed by atoms with E-state index in [2.05, 4.69) is 24.3 Å². The molecule has 114 valence electrons. The zero-order valence-corrected chi connectivity index (χ0v) is 14.3. The van der Waals surface area contributed by atoms with Crippen molar-refractivity contribution in [3.63, 3.8) is 0 Å². The van der Waals surface area contributed by atoms with E-state index in [4.69, 9.17) is 35.4 Å². The maximum atomic E-state index is 6.18. The predicted octanol–water partition coefficient (Wildman–Crippen LogP) is 2.84. The molecular formula is C15H15Cl2N4S+. The van der Waals surface area contributed by atoms with Gasteiger partial charge < -0.3 is 4.90 Å². The minimum Gasteiger partial charge on any atom is -0.315 e. The van der Waals surface area contributed by atoms with Crippen molar-refractivity contribution in [3.8, 4) is 0 Å². The van der Waals surface area contributed by atoms with Gasteiger partial charge in [-0.15, -0.1) is 5.10 Å². The number of quaternary nitrogens is 1. The Balaban J connectivity index is 1.86. The van der Waals surface area contributed by atoms with Gasteiger partial charge >= 0.3 is 0 Å². The third kappa shape index (κ3) is 3.17. The van der Waals surface area contributed by atoms with Crippen molar-refractivity contribution in [1.29, 1.82) is 0 Å². The van der Waals surface area contributed by atoms with E-state index in [1.807, 2.05) is 18.2 Å². The molecule has 22 heavy (non-hydrogen) atoms. The number of hydrogen-bond donors (Lipinski definition) is 1. The Hall–Kier alpha value is -1.40. The Morgan fingerprint density at radius 3 is 2.68 bits per heavy atom. The highest BCUT2D eigenvalue weighted by Crippen LogP contribution is 2.21.